The lowest BCUT2D eigenvalue weighted by molar-refractivity contribution is 0.314. The Labute approximate surface area is 81.6 Å². The fourth-order valence-corrected chi connectivity index (χ4v) is 1.50. The zero-order valence-corrected chi connectivity index (χ0v) is 8.85. The number of halogens is 1. The standard InChI is InChI=1S/C10H12BrO/c1-7-3-4-9(11)5-10(7)8(2)6-12/h3-5,12H,6H2,1-2H3. The molecule has 0 aliphatic heterocycles. The normalized spacial score (nSPS) is 10.8. The predicted molar refractivity (Wildman–Crippen MR) is 54.0 cm³/mol. The Bertz CT molecular complexity index is 271. The zero-order chi connectivity index (χ0) is 9.14. The van der Waals surface area contributed by atoms with E-state index in [9.17, 15) is 0 Å². The van der Waals surface area contributed by atoms with E-state index in [1.165, 1.54) is 5.56 Å². The predicted octanol–water partition coefficient (Wildman–Crippen LogP) is 2.69. The van der Waals surface area contributed by atoms with Crippen molar-refractivity contribution in [2.24, 2.45) is 0 Å². The summed E-state index contributed by atoms with van der Waals surface area (Å²) in [5, 5.41) is 8.95. The molecule has 1 rings (SSSR count). The van der Waals surface area contributed by atoms with Crippen LogP contribution in [0.15, 0.2) is 22.7 Å². The Hall–Kier alpha value is -0.340. The molecule has 0 fully saturated rings. The van der Waals surface area contributed by atoms with Gasteiger partial charge in [0.2, 0.25) is 0 Å². The molecular weight excluding hydrogens is 216 g/mol. The maximum absolute atomic E-state index is 8.95. The molecule has 1 N–H and O–H groups in total. The molecule has 0 saturated carbocycles. The minimum absolute atomic E-state index is 0.122. The van der Waals surface area contributed by atoms with Gasteiger partial charge in [0.15, 0.2) is 0 Å². The smallest absolute Gasteiger partial charge is 0.0534 e. The van der Waals surface area contributed by atoms with Gasteiger partial charge < -0.3 is 5.11 Å². The molecule has 1 nitrogen and oxygen atoms in total. The molecule has 2 heteroatoms. The first-order chi connectivity index (χ1) is 5.65. The van der Waals surface area contributed by atoms with E-state index in [0.717, 1.165) is 16.0 Å². The minimum atomic E-state index is 0.122. The quantitative estimate of drug-likeness (QED) is 0.825. The minimum Gasteiger partial charge on any atom is -0.395 e. The number of hydrogen-bond donors (Lipinski definition) is 1. The summed E-state index contributed by atoms with van der Waals surface area (Å²) in [6.07, 6.45) is 0. The number of aliphatic hydroxyl groups is 1. The van der Waals surface area contributed by atoms with Gasteiger partial charge in [-0.2, -0.15) is 0 Å². The second kappa shape index (κ2) is 4.06. The molecule has 0 bridgehead atoms. The van der Waals surface area contributed by atoms with Crippen LogP contribution >= 0.6 is 15.9 Å². The SMILES string of the molecule is C[C](CO)c1cc(Br)ccc1C. The third kappa shape index (κ3) is 2.08. The summed E-state index contributed by atoms with van der Waals surface area (Å²) in [6, 6.07) is 6.07. The first-order valence-electron chi connectivity index (χ1n) is 3.85. The topological polar surface area (TPSA) is 20.2 Å². The van der Waals surface area contributed by atoms with Crippen LogP contribution in [0.5, 0.6) is 0 Å². The molecule has 65 valence electrons. The van der Waals surface area contributed by atoms with Crippen molar-refractivity contribution in [3.05, 3.63) is 39.7 Å². The van der Waals surface area contributed by atoms with Crippen LogP contribution in [0.1, 0.15) is 18.1 Å². The van der Waals surface area contributed by atoms with Crippen LogP contribution in [0.2, 0.25) is 0 Å². The fourth-order valence-electron chi connectivity index (χ4n) is 1.14. The van der Waals surface area contributed by atoms with Crippen molar-refractivity contribution in [2.75, 3.05) is 6.61 Å². The Morgan fingerprint density at radius 1 is 1.50 bits per heavy atom. The highest BCUT2D eigenvalue weighted by Gasteiger charge is 2.07. The van der Waals surface area contributed by atoms with Gasteiger partial charge in [-0.25, -0.2) is 0 Å². The Morgan fingerprint density at radius 2 is 2.17 bits per heavy atom. The van der Waals surface area contributed by atoms with Crippen LogP contribution in [0, 0.1) is 12.8 Å². The molecule has 12 heavy (non-hydrogen) atoms. The molecule has 0 unspecified atom stereocenters. The van der Waals surface area contributed by atoms with E-state index < -0.39 is 0 Å². The summed E-state index contributed by atoms with van der Waals surface area (Å²) in [4.78, 5) is 0. The largest absolute Gasteiger partial charge is 0.395 e. The van der Waals surface area contributed by atoms with Gasteiger partial charge in [-0.15, -0.1) is 0 Å². The van der Waals surface area contributed by atoms with Gasteiger partial charge in [0, 0.05) is 10.4 Å². The van der Waals surface area contributed by atoms with Crippen LogP contribution in [-0.4, -0.2) is 11.7 Å². The van der Waals surface area contributed by atoms with E-state index in [4.69, 9.17) is 5.11 Å². The third-order valence-electron chi connectivity index (χ3n) is 1.90. The summed E-state index contributed by atoms with van der Waals surface area (Å²) >= 11 is 3.40. The van der Waals surface area contributed by atoms with Crippen LogP contribution in [0.4, 0.5) is 0 Å². The summed E-state index contributed by atoms with van der Waals surface area (Å²) in [6.45, 7) is 4.10. The van der Waals surface area contributed by atoms with Crippen LogP contribution in [-0.2, 0) is 0 Å². The molecule has 0 aromatic heterocycles. The number of aliphatic hydroxyl groups excluding tert-OH is 1. The van der Waals surface area contributed by atoms with Gasteiger partial charge in [0.25, 0.3) is 0 Å². The van der Waals surface area contributed by atoms with Crippen molar-refractivity contribution < 1.29 is 5.11 Å². The fraction of sp³-hybridized carbons (Fsp3) is 0.300. The summed E-state index contributed by atoms with van der Waals surface area (Å²) in [5.74, 6) is 1.01. The molecule has 0 saturated heterocycles. The number of aryl methyl sites for hydroxylation is 1. The maximum atomic E-state index is 8.95. The highest BCUT2D eigenvalue weighted by atomic mass is 79.9. The number of rotatable bonds is 2. The summed E-state index contributed by atoms with van der Waals surface area (Å²) in [7, 11) is 0. The Balaban J connectivity index is 3.04. The van der Waals surface area contributed by atoms with E-state index in [1.54, 1.807) is 0 Å². The highest BCUT2D eigenvalue weighted by Crippen LogP contribution is 2.22. The van der Waals surface area contributed by atoms with Crippen LogP contribution in [0.3, 0.4) is 0 Å². The molecule has 1 radical (unpaired) electrons. The van der Waals surface area contributed by atoms with Crippen molar-refractivity contribution >= 4 is 15.9 Å². The number of benzene rings is 1. The van der Waals surface area contributed by atoms with Crippen molar-refractivity contribution in [1.82, 2.24) is 0 Å². The average Bonchev–Trinajstić information content (AvgIpc) is 2.08. The Morgan fingerprint density at radius 3 is 2.75 bits per heavy atom. The monoisotopic (exact) mass is 227 g/mol. The second-order valence-corrected chi connectivity index (χ2v) is 3.81. The molecule has 0 spiro atoms. The lowest BCUT2D eigenvalue weighted by atomic mass is 9.97. The lowest BCUT2D eigenvalue weighted by Gasteiger charge is -2.11. The summed E-state index contributed by atoms with van der Waals surface area (Å²) in [5.41, 5.74) is 2.33. The molecule has 1 aromatic rings. The highest BCUT2D eigenvalue weighted by molar-refractivity contribution is 9.10. The molecule has 0 amide bonds. The van der Waals surface area contributed by atoms with E-state index in [0.29, 0.717) is 0 Å². The van der Waals surface area contributed by atoms with Crippen molar-refractivity contribution in [1.29, 1.82) is 0 Å². The van der Waals surface area contributed by atoms with E-state index in [2.05, 4.69) is 15.9 Å². The lowest BCUT2D eigenvalue weighted by Crippen LogP contribution is -2.02. The van der Waals surface area contributed by atoms with Gasteiger partial charge in [-0.05, 0) is 30.2 Å². The molecule has 0 aliphatic rings. The van der Waals surface area contributed by atoms with Gasteiger partial charge in [-0.3, -0.25) is 0 Å². The first kappa shape index (κ1) is 9.75. The first-order valence-corrected chi connectivity index (χ1v) is 4.64. The van der Waals surface area contributed by atoms with Crippen molar-refractivity contribution in [3.63, 3.8) is 0 Å². The van der Waals surface area contributed by atoms with Crippen molar-refractivity contribution in [2.45, 2.75) is 13.8 Å². The average molecular weight is 228 g/mol. The van der Waals surface area contributed by atoms with Gasteiger partial charge in [0.05, 0.1) is 6.61 Å². The second-order valence-electron chi connectivity index (χ2n) is 2.90. The van der Waals surface area contributed by atoms with Gasteiger partial charge in [0.1, 0.15) is 0 Å². The molecule has 0 heterocycles. The molecule has 0 aliphatic carbocycles. The third-order valence-corrected chi connectivity index (χ3v) is 2.39. The van der Waals surface area contributed by atoms with E-state index >= 15 is 0 Å². The number of hydrogen-bond acceptors (Lipinski definition) is 1. The zero-order valence-electron chi connectivity index (χ0n) is 7.26. The van der Waals surface area contributed by atoms with Crippen molar-refractivity contribution in [3.8, 4) is 0 Å². The van der Waals surface area contributed by atoms with E-state index in [1.807, 2.05) is 32.0 Å². The van der Waals surface area contributed by atoms with Gasteiger partial charge >= 0.3 is 0 Å². The van der Waals surface area contributed by atoms with E-state index in [-0.39, 0.29) is 6.61 Å². The van der Waals surface area contributed by atoms with Crippen LogP contribution in [0.25, 0.3) is 0 Å². The molecule has 1 aromatic carbocycles. The van der Waals surface area contributed by atoms with Crippen LogP contribution < -0.4 is 0 Å². The summed E-state index contributed by atoms with van der Waals surface area (Å²) < 4.78 is 1.05. The Kier molecular flexibility index (Phi) is 3.29. The molecule has 0 atom stereocenters. The maximum Gasteiger partial charge on any atom is 0.0534 e. The molecular formula is C10H12BrO. The van der Waals surface area contributed by atoms with Gasteiger partial charge in [-0.1, -0.05) is 28.9 Å².